The monoisotopic (exact) mass is 366 g/mol. The third-order valence-electron chi connectivity index (χ3n) is 4.03. The van der Waals surface area contributed by atoms with Crippen LogP contribution in [-0.4, -0.2) is 32.1 Å². The molecule has 5 nitrogen and oxygen atoms in total. The van der Waals surface area contributed by atoms with Crippen molar-refractivity contribution >= 4 is 17.9 Å². The third kappa shape index (κ3) is 6.38. The smallest absolute Gasteiger partial charge is 0.267 e. The first kappa shape index (κ1) is 20.4. The molecule has 0 aliphatic rings. The van der Waals surface area contributed by atoms with Gasteiger partial charge >= 0.3 is 0 Å². The standard InChI is InChI=1S/C22H26N2O3/c1-16(2)18-11-9-17(10-12-18)15-20(22(26)23-13-14-27-3)24-21(25)19-7-5-4-6-8-19/h4-12,15-16H,13-14H2,1-3H3,(H,23,26)(H,24,25). The van der Waals surface area contributed by atoms with E-state index in [1.54, 1.807) is 37.5 Å². The zero-order valence-electron chi connectivity index (χ0n) is 16.0. The molecular weight excluding hydrogens is 340 g/mol. The van der Waals surface area contributed by atoms with Gasteiger partial charge in [0.15, 0.2) is 0 Å². The van der Waals surface area contributed by atoms with E-state index in [0.29, 0.717) is 24.6 Å². The average Bonchev–Trinajstić information content (AvgIpc) is 2.68. The second-order valence-corrected chi connectivity index (χ2v) is 6.45. The zero-order valence-corrected chi connectivity index (χ0v) is 16.0. The van der Waals surface area contributed by atoms with Crippen LogP contribution in [0.25, 0.3) is 6.08 Å². The molecule has 0 aromatic heterocycles. The van der Waals surface area contributed by atoms with E-state index in [2.05, 4.69) is 24.5 Å². The predicted molar refractivity (Wildman–Crippen MR) is 107 cm³/mol. The summed E-state index contributed by atoms with van der Waals surface area (Å²) < 4.78 is 4.95. The number of carbonyl (C=O) groups excluding carboxylic acids is 2. The Morgan fingerprint density at radius 3 is 2.30 bits per heavy atom. The van der Waals surface area contributed by atoms with Crippen LogP contribution in [0.2, 0.25) is 0 Å². The Labute approximate surface area is 160 Å². The quantitative estimate of drug-likeness (QED) is 0.556. The van der Waals surface area contributed by atoms with Gasteiger partial charge in [-0.1, -0.05) is 56.3 Å². The minimum Gasteiger partial charge on any atom is -0.383 e. The van der Waals surface area contributed by atoms with E-state index in [9.17, 15) is 9.59 Å². The van der Waals surface area contributed by atoms with Crippen molar-refractivity contribution in [1.82, 2.24) is 10.6 Å². The van der Waals surface area contributed by atoms with Gasteiger partial charge in [-0.2, -0.15) is 0 Å². The highest BCUT2D eigenvalue weighted by molar-refractivity contribution is 6.05. The van der Waals surface area contributed by atoms with Crippen LogP contribution in [0.5, 0.6) is 0 Å². The van der Waals surface area contributed by atoms with Crippen LogP contribution >= 0.6 is 0 Å². The number of methoxy groups -OCH3 is 1. The van der Waals surface area contributed by atoms with Crippen molar-refractivity contribution in [3.63, 3.8) is 0 Å². The van der Waals surface area contributed by atoms with E-state index in [1.165, 1.54) is 5.56 Å². The van der Waals surface area contributed by atoms with Gasteiger partial charge in [0.1, 0.15) is 5.70 Å². The number of hydrogen-bond acceptors (Lipinski definition) is 3. The van der Waals surface area contributed by atoms with Crippen molar-refractivity contribution < 1.29 is 14.3 Å². The Bertz CT molecular complexity index is 781. The van der Waals surface area contributed by atoms with Gasteiger partial charge in [-0.05, 0) is 35.3 Å². The zero-order chi connectivity index (χ0) is 19.6. The van der Waals surface area contributed by atoms with E-state index in [-0.39, 0.29) is 17.5 Å². The highest BCUT2D eigenvalue weighted by Gasteiger charge is 2.14. The Balaban J connectivity index is 2.22. The van der Waals surface area contributed by atoms with Crippen molar-refractivity contribution in [1.29, 1.82) is 0 Å². The summed E-state index contributed by atoms with van der Waals surface area (Å²) in [6.07, 6.45) is 1.67. The summed E-state index contributed by atoms with van der Waals surface area (Å²) >= 11 is 0. The molecule has 0 aliphatic carbocycles. The van der Waals surface area contributed by atoms with Crippen molar-refractivity contribution in [2.75, 3.05) is 20.3 Å². The predicted octanol–water partition coefficient (Wildman–Crippen LogP) is 3.34. The summed E-state index contributed by atoms with van der Waals surface area (Å²) in [5.74, 6) is -0.260. The Morgan fingerprint density at radius 1 is 1.04 bits per heavy atom. The molecule has 0 aliphatic heterocycles. The molecule has 0 spiro atoms. The van der Waals surface area contributed by atoms with Crippen LogP contribution in [0.3, 0.4) is 0 Å². The molecule has 0 unspecified atom stereocenters. The number of rotatable bonds is 8. The molecule has 5 heteroatoms. The average molecular weight is 366 g/mol. The summed E-state index contributed by atoms with van der Waals surface area (Å²) in [6.45, 7) is 5.01. The summed E-state index contributed by atoms with van der Waals surface area (Å²) in [4.78, 5) is 25.0. The lowest BCUT2D eigenvalue weighted by Gasteiger charge is -2.11. The first-order valence-electron chi connectivity index (χ1n) is 8.96. The second-order valence-electron chi connectivity index (χ2n) is 6.45. The summed E-state index contributed by atoms with van der Waals surface area (Å²) in [5.41, 5.74) is 2.73. The van der Waals surface area contributed by atoms with Crippen LogP contribution in [0.15, 0.2) is 60.3 Å². The Hall–Kier alpha value is -2.92. The van der Waals surface area contributed by atoms with Crippen LogP contribution in [-0.2, 0) is 9.53 Å². The van der Waals surface area contributed by atoms with E-state index in [0.717, 1.165) is 5.56 Å². The number of benzene rings is 2. The van der Waals surface area contributed by atoms with Crippen molar-refractivity contribution in [2.24, 2.45) is 0 Å². The molecule has 0 saturated carbocycles. The van der Waals surface area contributed by atoms with Gasteiger partial charge in [-0.3, -0.25) is 9.59 Å². The molecule has 0 heterocycles. The molecule has 27 heavy (non-hydrogen) atoms. The topological polar surface area (TPSA) is 67.4 Å². The summed E-state index contributed by atoms with van der Waals surface area (Å²) in [7, 11) is 1.57. The summed E-state index contributed by atoms with van der Waals surface area (Å²) in [6, 6.07) is 16.7. The largest absolute Gasteiger partial charge is 0.383 e. The van der Waals surface area contributed by atoms with Gasteiger partial charge in [-0.15, -0.1) is 0 Å². The maximum absolute atomic E-state index is 12.5. The molecule has 0 radical (unpaired) electrons. The fraction of sp³-hybridized carbons (Fsp3) is 0.273. The fourth-order valence-corrected chi connectivity index (χ4v) is 2.45. The van der Waals surface area contributed by atoms with E-state index in [1.807, 2.05) is 30.3 Å². The van der Waals surface area contributed by atoms with Crippen molar-refractivity contribution in [2.45, 2.75) is 19.8 Å². The van der Waals surface area contributed by atoms with E-state index >= 15 is 0 Å². The SMILES string of the molecule is COCCNC(=O)C(=Cc1ccc(C(C)C)cc1)NC(=O)c1ccccc1. The molecular formula is C22H26N2O3. The van der Waals surface area contributed by atoms with Crippen LogP contribution in [0.4, 0.5) is 0 Å². The van der Waals surface area contributed by atoms with Gasteiger partial charge in [0.05, 0.1) is 6.61 Å². The molecule has 0 atom stereocenters. The minimum absolute atomic E-state index is 0.192. The van der Waals surface area contributed by atoms with Crippen molar-refractivity contribution in [3.05, 3.63) is 77.0 Å². The first-order chi connectivity index (χ1) is 13.0. The highest BCUT2D eigenvalue weighted by atomic mass is 16.5. The van der Waals surface area contributed by atoms with E-state index < -0.39 is 0 Å². The molecule has 2 rings (SSSR count). The Morgan fingerprint density at radius 2 is 1.70 bits per heavy atom. The molecule has 0 fully saturated rings. The highest BCUT2D eigenvalue weighted by Crippen LogP contribution is 2.16. The number of nitrogens with one attached hydrogen (secondary N) is 2. The van der Waals surface area contributed by atoms with Gasteiger partial charge in [0.25, 0.3) is 11.8 Å². The van der Waals surface area contributed by atoms with Gasteiger partial charge < -0.3 is 15.4 Å². The van der Waals surface area contributed by atoms with Gasteiger partial charge in [0, 0.05) is 19.2 Å². The number of carbonyl (C=O) groups is 2. The number of amides is 2. The number of ether oxygens (including phenoxy) is 1. The van der Waals surface area contributed by atoms with Crippen LogP contribution in [0, 0.1) is 0 Å². The molecule has 0 saturated heterocycles. The first-order valence-corrected chi connectivity index (χ1v) is 8.96. The van der Waals surface area contributed by atoms with Gasteiger partial charge in [0.2, 0.25) is 0 Å². The Kier molecular flexibility index (Phi) is 7.77. The fourth-order valence-electron chi connectivity index (χ4n) is 2.45. The van der Waals surface area contributed by atoms with E-state index in [4.69, 9.17) is 4.74 Å². The van der Waals surface area contributed by atoms with Gasteiger partial charge in [-0.25, -0.2) is 0 Å². The third-order valence-corrected chi connectivity index (χ3v) is 4.03. The molecule has 2 aromatic carbocycles. The molecule has 0 bridgehead atoms. The molecule has 2 amide bonds. The van der Waals surface area contributed by atoms with Crippen LogP contribution < -0.4 is 10.6 Å². The normalized spacial score (nSPS) is 11.3. The summed E-state index contributed by atoms with van der Waals surface area (Å²) in [5, 5.41) is 5.46. The number of hydrogen-bond donors (Lipinski definition) is 2. The molecule has 142 valence electrons. The maximum Gasteiger partial charge on any atom is 0.267 e. The lowest BCUT2D eigenvalue weighted by Crippen LogP contribution is -2.36. The van der Waals surface area contributed by atoms with Crippen molar-refractivity contribution in [3.8, 4) is 0 Å². The van der Waals surface area contributed by atoms with Crippen LogP contribution in [0.1, 0.15) is 41.3 Å². The molecule has 2 N–H and O–H groups in total. The second kappa shape index (κ2) is 10.3. The minimum atomic E-state index is -0.357. The lowest BCUT2D eigenvalue weighted by molar-refractivity contribution is -0.117. The molecule has 2 aromatic rings. The lowest BCUT2D eigenvalue weighted by atomic mass is 10.0. The maximum atomic E-state index is 12.5.